The molecule has 0 saturated heterocycles. The fourth-order valence-electron chi connectivity index (χ4n) is 2.35. The van der Waals surface area contributed by atoms with Crippen molar-refractivity contribution in [1.82, 2.24) is 4.98 Å². The third-order valence-corrected chi connectivity index (χ3v) is 4.15. The zero-order chi connectivity index (χ0) is 12.0. The van der Waals surface area contributed by atoms with Crippen LogP contribution in [0.1, 0.15) is 30.1 Å². The molecule has 17 heavy (non-hydrogen) atoms. The molecule has 0 bridgehead atoms. The first-order valence-corrected chi connectivity index (χ1v) is 6.77. The minimum atomic E-state index is 0.160. The van der Waals surface area contributed by atoms with Gasteiger partial charge in [0.25, 0.3) is 0 Å². The SMILES string of the molecule is CC(C(=O)c1c[nH]c2ccc(Br)cc12)C1CC1. The van der Waals surface area contributed by atoms with Gasteiger partial charge in [0.05, 0.1) is 0 Å². The molecule has 1 N–H and O–H groups in total. The van der Waals surface area contributed by atoms with E-state index in [0.717, 1.165) is 20.9 Å². The predicted octanol–water partition coefficient (Wildman–Crippen LogP) is 4.16. The lowest BCUT2D eigenvalue weighted by Gasteiger charge is -2.07. The van der Waals surface area contributed by atoms with Gasteiger partial charge in [0.2, 0.25) is 0 Å². The van der Waals surface area contributed by atoms with Gasteiger partial charge in [0.1, 0.15) is 0 Å². The van der Waals surface area contributed by atoms with E-state index in [-0.39, 0.29) is 11.7 Å². The molecule has 3 heteroatoms. The molecule has 0 amide bonds. The van der Waals surface area contributed by atoms with Crippen LogP contribution >= 0.6 is 15.9 Å². The Labute approximate surface area is 109 Å². The van der Waals surface area contributed by atoms with Gasteiger partial charge in [-0.3, -0.25) is 4.79 Å². The highest BCUT2D eigenvalue weighted by molar-refractivity contribution is 9.10. The van der Waals surface area contributed by atoms with E-state index in [0.29, 0.717) is 5.92 Å². The molecule has 1 heterocycles. The molecule has 0 aliphatic heterocycles. The summed E-state index contributed by atoms with van der Waals surface area (Å²) in [5.41, 5.74) is 1.86. The van der Waals surface area contributed by atoms with Crippen LogP contribution in [0.25, 0.3) is 10.9 Å². The third kappa shape index (κ3) is 1.93. The summed E-state index contributed by atoms with van der Waals surface area (Å²) in [5.74, 6) is 1.05. The zero-order valence-electron chi connectivity index (χ0n) is 9.66. The number of hydrogen-bond acceptors (Lipinski definition) is 1. The first kappa shape index (κ1) is 11.0. The number of halogens is 1. The first-order chi connectivity index (χ1) is 8.16. The van der Waals surface area contributed by atoms with E-state index in [1.165, 1.54) is 12.8 Å². The van der Waals surface area contributed by atoms with Crippen molar-refractivity contribution in [2.45, 2.75) is 19.8 Å². The van der Waals surface area contributed by atoms with Crippen molar-refractivity contribution in [1.29, 1.82) is 0 Å². The normalized spacial score (nSPS) is 17.3. The molecule has 1 fully saturated rings. The quantitative estimate of drug-likeness (QED) is 0.847. The minimum absolute atomic E-state index is 0.160. The molecule has 2 nitrogen and oxygen atoms in total. The van der Waals surface area contributed by atoms with E-state index in [2.05, 4.69) is 27.8 Å². The van der Waals surface area contributed by atoms with E-state index in [1.807, 2.05) is 24.4 Å². The Kier molecular flexibility index (Phi) is 2.58. The molecule has 1 unspecified atom stereocenters. The number of benzene rings is 1. The van der Waals surface area contributed by atoms with E-state index < -0.39 is 0 Å². The summed E-state index contributed by atoms with van der Waals surface area (Å²) in [4.78, 5) is 15.5. The monoisotopic (exact) mass is 291 g/mol. The average Bonchev–Trinajstić information content (AvgIpc) is 3.08. The minimum Gasteiger partial charge on any atom is -0.360 e. The lowest BCUT2D eigenvalue weighted by Crippen LogP contribution is -2.12. The van der Waals surface area contributed by atoms with Gasteiger partial charge in [0.15, 0.2) is 5.78 Å². The summed E-state index contributed by atoms with van der Waals surface area (Å²) in [7, 11) is 0. The van der Waals surface area contributed by atoms with Crippen LogP contribution in [0.5, 0.6) is 0 Å². The van der Waals surface area contributed by atoms with Crippen LogP contribution in [0.3, 0.4) is 0 Å². The molecule has 2 aromatic rings. The van der Waals surface area contributed by atoms with Crippen LogP contribution in [-0.4, -0.2) is 10.8 Å². The number of carbonyl (C=O) groups excluding carboxylic acids is 1. The lowest BCUT2D eigenvalue weighted by atomic mass is 9.95. The highest BCUT2D eigenvalue weighted by Crippen LogP contribution is 2.39. The van der Waals surface area contributed by atoms with E-state index in [9.17, 15) is 4.79 Å². The van der Waals surface area contributed by atoms with Gasteiger partial charge < -0.3 is 4.98 Å². The molecule has 1 saturated carbocycles. The summed E-state index contributed by atoms with van der Waals surface area (Å²) in [6.45, 7) is 2.05. The Bertz CT molecular complexity index is 583. The summed E-state index contributed by atoms with van der Waals surface area (Å²) in [6, 6.07) is 5.99. The van der Waals surface area contributed by atoms with Crippen molar-refractivity contribution >= 4 is 32.6 Å². The zero-order valence-corrected chi connectivity index (χ0v) is 11.3. The van der Waals surface area contributed by atoms with Gasteiger partial charge in [-0.15, -0.1) is 0 Å². The molecule has 3 rings (SSSR count). The lowest BCUT2D eigenvalue weighted by molar-refractivity contribution is 0.0918. The number of hydrogen-bond donors (Lipinski definition) is 1. The van der Waals surface area contributed by atoms with Gasteiger partial charge in [0, 0.05) is 33.1 Å². The molecule has 0 radical (unpaired) electrons. The van der Waals surface area contributed by atoms with Crippen molar-refractivity contribution in [3.05, 3.63) is 34.4 Å². The standard InChI is InChI=1S/C14H14BrNO/c1-8(9-2-3-9)14(17)12-7-16-13-5-4-10(15)6-11(12)13/h4-9,16H,2-3H2,1H3. The van der Waals surface area contributed by atoms with Crippen molar-refractivity contribution in [3.63, 3.8) is 0 Å². The number of aromatic nitrogens is 1. The molecule has 1 aliphatic carbocycles. The van der Waals surface area contributed by atoms with E-state index >= 15 is 0 Å². The van der Waals surface area contributed by atoms with Gasteiger partial charge >= 0.3 is 0 Å². The number of ketones is 1. The number of Topliss-reactive ketones (excluding diaryl/α,β-unsaturated/α-hetero) is 1. The second-order valence-electron chi connectivity index (χ2n) is 4.88. The highest BCUT2D eigenvalue weighted by Gasteiger charge is 2.33. The van der Waals surface area contributed by atoms with Gasteiger partial charge in [-0.05, 0) is 37.0 Å². The van der Waals surface area contributed by atoms with Crippen LogP contribution in [0.4, 0.5) is 0 Å². The molecule has 1 aromatic carbocycles. The van der Waals surface area contributed by atoms with Crippen molar-refractivity contribution in [2.75, 3.05) is 0 Å². The Morgan fingerprint density at radius 3 is 2.94 bits per heavy atom. The number of nitrogens with one attached hydrogen (secondary N) is 1. The maximum Gasteiger partial charge on any atom is 0.168 e. The Morgan fingerprint density at radius 1 is 1.47 bits per heavy atom. The maximum atomic E-state index is 12.4. The predicted molar refractivity (Wildman–Crippen MR) is 72.2 cm³/mol. The van der Waals surface area contributed by atoms with E-state index in [4.69, 9.17) is 0 Å². The molecule has 0 spiro atoms. The largest absolute Gasteiger partial charge is 0.360 e. The second kappa shape index (κ2) is 3.98. The fraction of sp³-hybridized carbons (Fsp3) is 0.357. The molecular formula is C14H14BrNO. The van der Waals surface area contributed by atoms with Gasteiger partial charge in [-0.1, -0.05) is 22.9 Å². The number of aromatic amines is 1. The van der Waals surface area contributed by atoms with Crippen LogP contribution < -0.4 is 0 Å². The van der Waals surface area contributed by atoms with Crippen LogP contribution in [0.15, 0.2) is 28.9 Å². The molecule has 1 aliphatic rings. The maximum absolute atomic E-state index is 12.4. The Balaban J connectivity index is 2.04. The van der Waals surface area contributed by atoms with Crippen molar-refractivity contribution in [2.24, 2.45) is 11.8 Å². The highest BCUT2D eigenvalue weighted by atomic mass is 79.9. The van der Waals surface area contributed by atoms with Crippen molar-refractivity contribution < 1.29 is 4.79 Å². The summed E-state index contributed by atoms with van der Waals surface area (Å²) >= 11 is 3.45. The molecule has 88 valence electrons. The van der Waals surface area contributed by atoms with Crippen LogP contribution in [0, 0.1) is 11.8 Å². The number of rotatable bonds is 3. The smallest absolute Gasteiger partial charge is 0.168 e. The van der Waals surface area contributed by atoms with Crippen molar-refractivity contribution in [3.8, 4) is 0 Å². The second-order valence-corrected chi connectivity index (χ2v) is 5.80. The topological polar surface area (TPSA) is 32.9 Å². The van der Waals surface area contributed by atoms with Crippen LogP contribution in [0.2, 0.25) is 0 Å². The Morgan fingerprint density at radius 2 is 2.24 bits per heavy atom. The number of H-pyrrole nitrogens is 1. The van der Waals surface area contributed by atoms with Gasteiger partial charge in [-0.2, -0.15) is 0 Å². The third-order valence-electron chi connectivity index (χ3n) is 3.65. The fourth-order valence-corrected chi connectivity index (χ4v) is 2.71. The summed E-state index contributed by atoms with van der Waals surface area (Å²) < 4.78 is 1.01. The number of fused-ring (bicyclic) bond motifs is 1. The molecule has 1 atom stereocenters. The van der Waals surface area contributed by atoms with Gasteiger partial charge in [-0.25, -0.2) is 0 Å². The Hall–Kier alpha value is -1.09. The van der Waals surface area contributed by atoms with Crippen LogP contribution in [-0.2, 0) is 0 Å². The van der Waals surface area contributed by atoms with E-state index in [1.54, 1.807) is 0 Å². The molecule has 1 aromatic heterocycles. The first-order valence-electron chi connectivity index (χ1n) is 5.97. The molecular weight excluding hydrogens is 278 g/mol. The summed E-state index contributed by atoms with van der Waals surface area (Å²) in [6.07, 6.45) is 4.26. The summed E-state index contributed by atoms with van der Waals surface area (Å²) in [5, 5.41) is 1.02. The number of carbonyl (C=O) groups is 1. The average molecular weight is 292 g/mol.